The van der Waals surface area contributed by atoms with Gasteiger partial charge in [-0.05, 0) is 40.3 Å². The van der Waals surface area contributed by atoms with Gasteiger partial charge in [-0.15, -0.1) is 0 Å². The lowest BCUT2D eigenvalue weighted by molar-refractivity contribution is -0.137. The first-order valence-corrected chi connectivity index (χ1v) is 5.02. The van der Waals surface area contributed by atoms with E-state index in [0.717, 1.165) is 14.8 Å². The summed E-state index contributed by atoms with van der Waals surface area (Å²) in [5.74, 6) is -0.786. The number of rotatable bonds is 1. The Kier molecular flexibility index (Phi) is 2.15. The lowest BCUT2D eigenvalue weighted by Gasteiger charge is -2.03. The van der Waals surface area contributed by atoms with E-state index in [1.165, 1.54) is 0 Å². The van der Waals surface area contributed by atoms with Crippen molar-refractivity contribution in [2.24, 2.45) is 0 Å². The van der Waals surface area contributed by atoms with E-state index in [1.54, 1.807) is 0 Å². The van der Waals surface area contributed by atoms with Crippen LogP contribution in [0.2, 0.25) is 0 Å². The first-order valence-electron chi connectivity index (χ1n) is 3.94. The zero-order chi connectivity index (χ0) is 9.42. The van der Waals surface area contributed by atoms with Gasteiger partial charge in [-0.1, -0.05) is 6.07 Å². The fourth-order valence-corrected chi connectivity index (χ4v) is 1.96. The van der Waals surface area contributed by atoms with E-state index in [9.17, 15) is 4.79 Å². The molecule has 1 atom stereocenters. The molecule has 1 unspecified atom stereocenters. The van der Waals surface area contributed by atoms with Crippen molar-refractivity contribution in [3.63, 3.8) is 0 Å². The van der Waals surface area contributed by atoms with Crippen molar-refractivity contribution in [1.29, 1.82) is 0 Å². The van der Waals surface area contributed by atoms with Gasteiger partial charge < -0.3 is 10.4 Å². The normalized spacial score (nSPS) is 19.3. The zero-order valence-electron chi connectivity index (χ0n) is 6.75. The summed E-state index contributed by atoms with van der Waals surface area (Å²) >= 11 is 2.21. The molecule has 1 aromatic rings. The summed E-state index contributed by atoms with van der Waals surface area (Å²) in [4.78, 5) is 10.7. The average molecular weight is 289 g/mol. The Labute approximate surface area is 89.3 Å². The Balaban J connectivity index is 2.30. The summed E-state index contributed by atoms with van der Waals surface area (Å²) in [5, 5.41) is 11.8. The second-order valence-electron chi connectivity index (χ2n) is 3.04. The summed E-state index contributed by atoms with van der Waals surface area (Å²) in [5.41, 5.74) is 2.05. The van der Waals surface area contributed by atoms with E-state index in [1.807, 2.05) is 18.2 Å². The standard InChI is InChI=1S/C9H8INO2/c10-6-2-1-5-3-8(9(12)13)11-7(5)4-6/h1-2,4,8,11H,3H2,(H,12,13). The highest BCUT2D eigenvalue weighted by atomic mass is 127. The minimum Gasteiger partial charge on any atom is -0.480 e. The van der Waals surface area contributed by atoms with E-state index in [0.29, 0.717) is 6.42 Å². The number of anilines is 1. The van der Waals surface area contributed by atoms with E-state index < -0.39 is 12.0 Å². The van der Waals surface area contributed by atoms with Gasteiger partial charge in [0.1, 0.15) is 6.04 Å². The Morgan fingerprint density at radius 2 is 2.38 bits per heavy atom. The van der Waals surface area contributed by atoms with Gasteiger partial charge in [0.2, 0.25) is 0 Å². The maximum absolute atomic E-state index is 10.7. The maximum atomic E-state index is 10.7. The molecule has 0 aromatic heterocycles. The second kappa shape index (κ2) is 3.17. The van der Waals surface area contributed by atoms with Crippen molar-refractivity contribution in [2.75, 3.05) is 5.32 Å². The molecule has 13 heavy (non-hydrogen) atoms. The van der Waals surface area contributed by atoms with E-state index in [4.69, 9.17) is 5.11 Å². The predicted molar refractivity (Wildman–Crippen MR) is 57.9 cm³/mol. The van der Waals surface area contributed by atoms with Crippen LogP contribution in [-0.4, -0.2) is 17.1 Å². The summed E-state index contributed by atoms with van der Waals surface area (Å²) in [6.45, 7) is 0. The van der Waals surface area contributed by atoms with Crippen molar-refractivity contribution >= 4 is 34.2 Å². The molecular weight excluding hydrogens is 281 g/mol. The van der Waals surface area contributed by atoms with Crippen molar-refractivity contribution in [3.8, 4) is 0 Å². The van der Waals surface area contributed by atoms with Crippen LogP contribution in [0.15, 0.2) is 18.2 Å². The van der Waals surface area contributed by atoms with Gasteiger partial charge >= 0.3 is 5.97 Å². The third-order valence-electron chi connectivity index (χ3n) is 2.12. The Morgan fingerprint density at radius 3 is 3.08 bits per heavy atom. The molecule has 0 spiro atoms. The lowest BCUT2D eigenvalue weighted by atomic mass is 10.1. The molecule has 0 radical (unpaired) electrons. The van der Waals surface area contributed by atoms with Crippen LogP contribution in [0.4, 0.5) is 5.69 Å². The summed E-state index contributed by atoms with van der Waals surface area (Å²) in [6.07, 6.45) is 0.585. The molecule has 1 heterocycles. The third-order valence-corrected chi connectivity index (χ3v) is 2.79. The number of fused-ring (bicyclic) bond motifs is 1. The highest BCUT2D eigenvalue weighted by Gasteiger charge is 2.25. The number of carbonyl (C=O) groups is 1. The lowest BCUT2D eigenvalue weighted by Crippen LogP contribution is -2.26. The molecule has 1 aromatic carbocycles. The van der Waals surface area contributed by atoms with Crippen LogP contribution in [0.25, 0.3) is 0 Å². The molecule has 2 N–H and O–H groups in total. The molecule has 0 saturated heterocycles. The van der Waals surface area contributed by atoms with Crippen molar-refractivity contribution in [1.82, 2.24) is 0 Å². The van der Waals surface area contributed by atoms with Gasteiger partial charge in [0.05, 0.1) is 0 Å². The first kappa shape index (κ1) is 8.80. The highest BCUT2D eigenvalue weighted by Crippen LogP contribution is 2.27. The van der Waals surface area contributed by atoms with E-state index in [-0.39, 0.29) is 0 Å². The Hall–Kier alpha value is -0.780. The number of carboxylic acids is 1. The van der Waals surface area contributed by atoms with Crippen molar-refractivity contribution in [2.45, 2.75) is 12.5 Å². The molecule has 1 aliphatic rings. The van der Waals surface area contributed by atoms with Gasteiger partial charge in [-0.3, -0.25) is 0 Å². The van der Waals surface area contributed by atoms with Crippen LogP contribution in [0.5, 0.6) is 0 Å². The summed E-state index contributed by atoms with van der Waals surface area (Å²) in [7, 11) is 0. The van der Waals surface area contributed by atoms with Crippen LogP contribution in [0, 0.1) is 3.57 Å². The molecule has 0 fully saturated rings. The number of halogens is 1. The fraction of sp³-hybridized carbons (Fsp3) is 0.222. The van der Waals surface area contributed by atoms with Gasteiger partial charge in [0.15, 0.2) is 0 Å². The Bertz CT molecular complexity index is 365. The number of carboxylic acid groups (broad SMARTS) is 1. The smallest absolute Gasteiger partial charge is 0.326 e. The highest BCUT2D eigenvalue weighted by molar-refractivity contribution is 14.1. The quantitative estimate of drug-likeness (QED) is 0.774. The first-order chi connectivity index (χ1) is 6.16. The molecule has 0 saturated carbocycles. The monoisotopic (exact) mass is 289 g/mol. The predicted octanol–water partition coefficient (Wildman–Crippen LogP) is 1.71. The minimum atomic E-state index is -0.786. The maximum Gasteiger partial charge on any atom is 0.326 e. The van der Waals surface area contributed by atoms with Crippen LogP contribution in [0.3, 0.4) is 0 Å². The Morgan fingerprint density at radius 1 is 1.62 bits per heavy atom. The molecular formula is C9H8INO2. The molecule has 0 amide bonds. The topological polar surface area (TPSA) is 49.3 Å². The third kappa shape index (κ3) is 1.63. The molecule has 3 nitrogen and oxygen atoms in total. The molecule has 2 rings (SSSR count). The van der Waals surface area contributed by atoms with Crippen molar-refractivity contribution in [3.05, 3.63) is 27.3 Å². The van der Waals surface area contributed by atoms with E-state index in [2.05, 4.69) is 27.9 Å². The van der Waals surface area contributed by atoms with Gasteiger partial charge in [0, 0.05) is 15.7 Å². The molecule has 0 bridgehead atoms. The van der Waals surface area contributed by atoms with Gasteiger partial charge in [0.25, 0.3) is 0 Å². The second-order valence-corrected chi connectivity index (χ2v) is 4.29. The molecule has 0 aliphatic carbocycles. The number of nitrogens with one attached hydrogen (secondary N) is 1. The van der Waals surface area contributed by atoms with Crippen LogP contribution in [-0.2, 0) is 11.2 Å². The molecule has 4 heteroatoms. The van der Waals surface area contributed by atoms with Crippen LogP contribution >= 0.6 is 22.6 Å². The molecule has 1 aliphatic heterocycles. The molecule has 68 valence electrons. The summed E-state index contributed by atoms with van der Waals surface area (Å²) in [6, 6.07) is 5.49. The van der Waals surface area contributed by atoms with Gasteiger partial charge in [-0.25, -0.2) is 4.79 Å². The zero-order valence-corrected chi connectivity index (χ0v) is 8.91. The average Bonchev–Trinajstić information content (AvgIpc) is 2.46. The van der Waals surface area contributed by atoms with E-state index >= 15 is 0 Å². The van der Waals surface area contributed by atoms with Gasteiger partial charge in [-0.2, -0.15) is 0 Å². The SMILES string of the molecule is O=C(O)C1Cc2ccc(I)cc2N1. The number of aliphatic carboxylic acids is 1. The van der Waals surface area contributed by atoms with Crippen LogP contribution in [0.1, 0.15) is 5.56 Å². The summed E-state index contributed by atoms with van der Waals surface area (Å²) < 4.78 is 1.12. The fourth-order valence-electron chi connectivity index (χ4n) is 1.47. The minimum absolute atomic E-state index is 0.451. The number of benzene rings is 1. The van der Waals surface area contributed by atoms with Crippen molar-refractivity contribution < 1.29 is 9.90 Å². The largest absolute Gasteiger partial charge is 0.480 e. The van der Waals surface area contributed by atoms with Crippen LogP contribution < -0.4 is 5.32 Å². The number of hydrogen-bond donors (Lipinski definition) is 2. The number of hydrogen-bond acceptors (Lipinski definition) is 2.